The van der Waals surface area contributed by atoms with Gasteiger partial charge in [0, 0.05) is 0 Å². The number of nitrogens with one attached hydrogen (secondary N) is 1. The first-order valence-corrected chi connectivity index (χ1v) is 4.42. The Balaban J connectivity index is 3.53. The van der Waals surface area contributed by atoms with Crippen LogP contribution in [0.4, 0.5) is 4.79 Å². The number of hydrogen-bond donors (Lipinski definition) is 3. The average molecular weight is 187 g/mol. The summed E-state index contributed by atoms with van der Waals surface area (Å²) < 4.78 is 0. The summed E-state index contributed by atoms with van der Waals surface area (Å²) in [6.07, 6.45) is 5.38. The van der Waals surface area contributed by atoms with E-state index >= 15 is 0 Å². The van der Waals surface area contributed by atoms with Crippen LogP contribution in [0.5, 0.6) is 0 Å². The Morgan fingerprint density at radius 3 is 2.77 bits per heavy atom. The fourth-order valence-corrected chi connectivity index (χ4v) is 1.03. The van der Waals surface area contributed by atoms with Gasteiger partial charge >= 0.3 is 6.09 Å². The molecule has 0 heterocycles. The third-order valence-corrected chi connectivity index (χ3v) is 1.71. The molecular formula is C9H17NO3. The molecule has 0 radical (unpaired) electrons. The highest BCUT2D eigenvalue weighted by atomic mass is 16.4. The molecule has 0 fully saturated rings. The number of aliphatic hydroxyl groups excluding tert-OH is 1. The smallest absolute Gasteiger partial charge is 0.404 e. The summed E-state index contributed by atoms with van der Waals surface area (Å²) in [5.41, 5.74) is 0. The van der Waals surface area contributed by atoms with Gasteiger partial charge in [-0.25, -0.2) is 4.79 Å². The minimum Gasteiger partial charge on any atom is -0.465 e. The van der Waals surface area contributed by atoms with Crippen molar-refractivity contribution in [3.05, 3.63) is 12.2 Å². The number of carbonyl (C=O) groups is 1. The van der Waals surface area contributed by atoms with Gasteiger partial charge in [0.05, 0.1) is 12.6 Å². The van der Waals surface area contributed by atoms with Crippen molar-refractivity contribution in [1.29, 1.82) is 0 Å². The maximum Gasteiger partial charge on any atom is 0.404 e. The molecule has 4 nitrogen and oxygen atoms in total. The lowest BCUT2D eigenvalue weighted by Crippen LogP contribution is -2.36. The second kappa shape index (κ2) is 7.61. The van der Waals surface area contributed by atoms with Crippen molar-refractivity contribution in [2.45, 2.75) is 32.2 Å². The minimum atomic E-state index is -1.08. The van der Waals surface area contributed by atoms with E-state index in [0.717, 1.165) is 12.8 Å². The van der Waals surface area contributed by atoms with E-state index in [1.54, 1.807) is 0 Å². The van der Waals surface area contributed by atoms with E-state index in [0.29, 0.717) is 6.42 Å². The van der Waals surface area contributed by atoms with Crippen LogP contribution in [0.1, 0.15) is 26.2 Å². The molecule has 0 aromatic heterocycles. The van der Waals surface area contributed by atoms with E-state index in [-0.39, 0.29) is 12.6 Å². The molecule has 0 aromatic rings. The van der Waals surface area contributed by atoms with Crippen LogP contribution < -0.4 is 5.32 Å². The maximum atomic E-state index is 10.2. The number of allylic oxidation sites excluding steroid dienone is 2. The highest BCUT2D eigenvalue weighted by Crippen LogP contribution is 2.01. The highest BCUT2D eigenvalue weighted by molar-refractivity contribution is 5.64. The van der Waals surface area contributed by atoms with Gasteiger partial charge in [0.1, 0.15) is 0 Å². The van der Waals surface area contributed by atoms with Gasteiger partial charge in [-0.15, -0.1) is 0 Å². The van der Waals surface area contributed by atoms with E-state index in [1.165, 1.54) is 0 Å². The number of aliphatic hydroxyl groups is 1. The molecular weight excluding hydrogens is 170 g/mol. The second-order valence-corrected chi connectivity index (χ2v) is 2.83. The molecule has 0 saturated heterocycles. The van der Waals surface area contributed by atoms with Crippen LogP contribution in [-0.4, -0.2) is 29.0 Å². The first-order chi connectivity index (χ1) is 6.20. The van der Waals surface area contributed by atoms with Gasteiger partial charge in [-0.1, -0.05) is 12.2 Å². The highest BCUT2D eigenvalue weighted by Gasteiger charge is 2.08. The average Bonchev–Trinajstić information content (AvgIpc) is 2.09. The fourth-order valence-electron chi connectivity index (χ4n) is 1.03. The fraction of sp³-hybridized carbons (Fsp3) is 0.667. The van der Waals surface area contributed by atoms with E-state index in [9.17, 15) is 4.79 Å². The third-order valence-electron chi connectivity index (χ3n) is 1.71. The number of hydrogen-bond acceptors (Lipinski definition) is 2. The van der Waals surface area contributed by atoms with Gasteiger partial charge in [-0.05, 0) is 26.2 Å². The summed E-state index contributed by atoms with van der Waals surface area (Å²) in [6.45, 7) is 1.81. The quantitative estimate of drug-likeness (QED) is 0.434. The van der Waals surface area contributed by atoms with Crippen LogP contribution in [0, 0.1) is 0 Å². The summed E-state index contributed by atoms with van der Waals surface area (Å²) in [6, 6.07) is -0.331. The van der Waals surface area contributed by atoms with Crippen LogP contribution in [0.15, 0.2) is 12.2 Å². The van der Waals surface area contributed by atoms with Gasteiger partial charge in [0.2, 0.25) is 0 Å². The van der Waals surface area contributed by atoms with Crippen LogP contribution in [-0.2, 0) is 0 Å². The number of carboxylic acid groups (broad SMARTS) is 1. The van der Waals surface area contributed by atoms with E-state index < -0.39 is 6.09 Å². The Hall–Kier alpha value is -1.03. The Labute approximate surface area is 78.3 Å². The molecule has 13 heavy (non-hydrogen) atoms. The molecule has 0 saturated carbocycles. The third kappa shape index (κ3) is 7.33. The zero-order valence-electron chi connectivity index (χ0n) is 7.86. The van der Waals surface area contributed by atoms with Gasteiger partial charge in [0.15, 0.2) is 0 Å². The van der Waals surface area contributed by atoms with Gasteiger partial charge in [0.25, 0.3) is 0 Å². The molecule has 0 aliphatic rings. The molecule has 0 aromatic carbocycles. The van der Waals surface area contributed by atoms with Gasteiger partial charge < -0.3 is 15.5 Å². The Kier molecular flexibility index (Phi) is 7.01. The summed E-state index contributed by atoms with van der Waals surface area (Å²) >= 11 is 0. The number of unbranched alkanes of at least 4 members (excludes halogenated alkanes) is 1. The Morgan fingerprint density at radius 2 is 2.31 bits per heavy atom. The van der Waals surface area contributed by atoms with Crippen molar-refractivity contribution in [3.63, 3.8) is 0 Å². The molecule has 4 heteroatoms. The van der Waals surface area contributed by atoms with Crippen molar-refractivity contribution in [2.24, 2.45) is 0 Å². The lowest BCUT2D eigenvalue weighted by molar-refractivity contribution is 0.175. The summed E-state index contributed by atoms with van der Waals surface area (Å²) in [7, 11) is 0. The van der Waals surface area contributed by atoms with Gasteiger partial charge in [-0.3, -0.25) is 0 Å². The summed E-state index contributed by atoms with van der Waals surface area (Å²) in [5.74, 6) is 0. The van der Waals surface area contributed by atoms with E-state index in [4.69, 9.17) is 10.2 Å². The second-order valence-electron chi connectivity index (χ2n) is 2.83. The largest absolute Gasteiger partial charge is 0.465 e. The zero-order valence-corrected chi connectivity index (χ0v) is 7.86. The van der Waals surface area contributed by atoms with Crippen LogP contribution in [0.3, 0.4) is 0 Å². The molecule has 0 rings (SSSR count). The molecule has 0 aliphatic heterocycles. The van der Waals surface area contributed by atoms with E-state index in [1.807, 2.05) is 19.1 Å². The monoisotopic (exact) mass is 187 g/mol. The molecule has 0 aliphatic carbocycles. The van der Waals surface area contributed by atoms with Crippen molar-refractivity contribution in [1.82, 2.24) is 5.32 Å². The lowest BCUT2D eigenvalue weighted by atomic mass is 10.1. The molecule has 1 amide bonds. The predicted molar refractivity (Wildman–Crippen MR) is 50.7 cm³/mol. The molecule has 1 atom stereocenters. The SMILES string of the molecule is C/C=C/CCCC(CO)NC(=O)O. The molecule has 3 N–H and O–H groups in total. The zero-order chi connectivity index (χ0) is 10.1. The standard InChI is InChI=1S/C9H17NO3/c1-2-3-4-5-6-8(7-11)10-9(12)13/h2-3,8,10-11H,4-7H2,1H3,(H,12,13)/b3-2+. The summed E-state index contributed by atoms with van der Waals surface area (Å²) in [4.78, 5) is 10.2. The van der Waals surface area contributed by atoms with Crippen LogP contribution in [0.25, 0.3) is 0 Å². The van der Waals surface area contributed by atoms with Crippen molar-refractivity contribution < 1.29 is 15.0 Å². The minimum absolute atomic E-state index is 0.137. The number of rotatable bonds is 6. The summed E-state index contributed by atoms with van der Waals surface area (Å²) in [5, 5.41) is 19.4. The normalized spacial score (nSPS) is 13.1. The van der Waals surface area contributed by atoms with Crippen LogP contribution in [0.2, 0.25) is 0 Å². The first-order valence-electron chi connectivity index (χ1n) is 4.42. The topological polar surface area (TPSA) is 69.6 Å². The van der Waals surface area contributed by atoms with Crippen molar-refractivity contribution in [3.8, 4) is 0 Å². The first kappa shape index (κ1) is 12.0. The maximum absolute atomic E-state index is 10.2. The van der Waals surface area contributed by atoms with Gasteiger partial charge in [-0.2, -0.15) is 0 Å². The predicted octanol–water partition coefficient (Wildman–Crippen LogP) is 1.36. The van der Waals surface area contributed by atoms with Crippen LogP contribution >= 0.6 is 0 Å². The molecule has 0 bridgehead atoms. The Bertz CT molecular complexity index is 168. The Morgan fingerprint density at radius 1 is 1.62 bits per heavy atom. The lowest BCUT2D eigenvalue weighted by Gasteiger charge is -2.12. The number of amides is 1. The molecule has 76 valence electrons. The van der Waals surface area contributed by atoms with E-state index in [2.05, 4.69) is 5.32 Å². The molecule has 1 unspecified atom stereocenters. The van der Waals surface area contributed by atoms with Crippen molar-refractivity contribution >= 4 is 6.09 Å². The molecule has 0 spiro atoms. The van der Waals surface area contributed by atoms with Crippen molar-refractivity contribution in [2.75, 3.05) is 6.61 Å².